The lowest BCUT2D eigenvalue weighted by Crippen LogP contribution is -2.30. The number of hydrogen-bond acceptors (Lipinski definition) is 8. The van der Waals surface area contributed by atoms with Gasteiger partial charge in [-0.05, 0) is 54.1 Å². The van der Waals surface area contributed by atoms with E-state index in [4.69, 9.17) is 20.6 Å². The van der Waals surface area contributed by atoms with E-state index in [1.165, 1.54) is 36.3 Å². The summed E-state index contributed by atoms with van der Waals surface area (Å²) in [5.41, 5.74) is 5.88. The molecule has 0 fully saturated rings. The molecule has 0 spiro atoms. The summed E-state index contributed by atoms with van der Waals surface area (Å²) in [5.74, 6) is -2.04. The molecule has 1 aromatic heterocycles. The number of H-pyrrole nitrogens is 1. The van der Waals surface area contributed by atoms with E-state index in [1.807, 2.05) is 0 Å². The molecule has 0 aliphatic carbocycles. The summed E-state index contributed by atoms with van der Waals surface area (Å²) < 4.78 is 50.9. The average Bonchev–Trinajstić information content (AvgIpc) is 3.39. The minimum absolute atomic E-state index is 0.0473. The molecule has 4 rings (SSSR count). The summed E-state index contributed by atoms with van der Waals surface area (Å²) in [5, 5.41) is 17.0. The number of aromatic amines is 1. The molecule has 1 unspecified atom stereocenters. The van der Waals surface area contributed by atoms with Crippen LogP contribution in [-0.2, 0) is 9.59 Å². The van der Waals surface area contributed by atoms with Gasteiger partial charge in [0.2, 0.25) is 0 Å². The number of ether oxygens (including phenoxy) is 2. The molecule has 45 heavy (non-hydrogen) atoms. The summed E-state index contributed by atoms with van der Waals surface area (Å²) in [4.78, 5) is 40.8. The Hall–Kier alpha value is -5.80. The van der Waals surface area contributed by atoms with Crippen molar-refractivity contribution >= 4 is 29.0 Å². The second kappa shape index (κ2) is 13.2. The fourth-order valence-corrected chi connectivity index (χ4v) is 4.06. The Labute approximate surface area is 254 Å². The predicted octanol–water partition coefficient (Wildman–Crippen LogP) is 3.02. The monoisotopic (exact) mass is 626 g/mol. The number of halogens is 3. The second-order valence-electron chi connectivity index (χ2n) is 9.75. The van der Waals surface area contributed by atoms with Gasteiger partial charge < -0.3 is 30.7 Å². The van der Waals surface area contributed by atoms with Crippen molar-refractivity contribution in [3.63, 3.8) is 0 Å². The van der Waals surface area contributed by atoms with Crippen LogP contribution in [0.25, 0.3) is 5.69 Å². The standard InChI is InChI=1S/C29H29F3N8O5/c1-39(2)23(41)15-45-21-13-10-17(14-22(21)44-3)24(35-18-11-8-16(9-12-18)25(33)34)26-37-28(43)40(38-26)20-7-5-4-6-19(20)36-27(42)29(30,31)32/h4-14,24,35H,15H2,1-3H3,(H3,33,34)(H,36,42)(H,37,38,43). The molecule has 4 aromatic rings. The van der Waals surface area contributed by atoms with Crippen LogP contribution in [0.3, 0.4) is 0 Å². The van der Waals surface area contributed by atoms with Crippen molar-refractivity contribution < 1.29 is 32.2 Å². The summed E-state index contributed by atoms with van der Waals surface area (Å²) in [6, 6.07) is 15.9. The molecule has 1 heterocycles. The Morgan fingerprint density at radius 2 is 1.78 bits per heavy atom. The number of alkyl halides is 3. The van der Waals surface area contributed by atoms with Crippen LogP contribution in [0.4, 0.5) is 24.5 Å². The van der Waals surface area contributed by atoms with E-state index in [-0.39, 0.29) is 47.0 Å². The molecule has 16 heteroatoms. The number of para-hydroxylation sites is 2. The number of rotatable bonds is 11. The van der Waals surface area contributed by atoms with Gasteiger partial charge in [-0.2, -0.15) is 17.9 Å². The molecular formula is C29H29F3N8O5. The maximum Gasteiger partial charge on any atom is 0.471 e. The van der Waals surface area contributed by atoms with Gasteiger partial charge in [-0.15, -0.1) is 5.10 Å². The van der Waals surface area contributed by atoms with Gasteiger partial charge in [-0.1, -0.05) is 18.2 Å². The SMILES string of the molecule is COc1cc(C(Nc2ccc(C(=N)N)cc2)c2nn(-c3ccccc3NC(=O)C(F)(F)F)c(=O)[nH]2)ccc1OCC(=O)N(C)C. The van der Waals surface area contributed by atoms with Crippen LogP contribution in [0.1, 0.15) is 23.0 Å². The molecule has 1 atom stereocenters. The van der Waals surface area contributed by atoms with Gasteiger partial charge in [0.1, 0.15) is 11.9 Å². The molecule has 0 saturated heterocycles. The number of methoxy groups -OCH3 is 1. The Balaban J connectivity index is 1.77. The van der Waals surface area contributed by atoms with Crippen molar-refractivity contribution in [3.8, 4) is 17.2 Å². The fraction of sp³-hybridized carbons (Fsp3) is 0.207. The third-order valence-corrected chi connectivity index (χ3v) is 6.42. The first-order chi connectivity index (χ1) is 21.3. The van der Waals surface area contributed by atoms with Gasteiger partial charge in [0.05, 0.1) is 18.5 Å². The third-order valence-electron chi connectivity index (χ3n) is 6.42. The van der Waals surface area contributed by atoms with Crippen molar-refractivity contribution in [2.45, 2.75) is 12.2 Å². The maximum absolute atomic E-state index is 13.1. The average molecular weight is 627 g/mol. The van der Waals surface area contributed by atoms with E-state index in [1.54, 1.807) is 61.9 Å². The number of benzene rings is 3. The zero-order chi connectivity index (χ0) is 32.9. The molecule has 3 aromatic carbocycles. The van der Waals surface area contributed by atoms with Crippen molar-refractivity contribution in [3.05, 3.63) is 94.2 Å². The minimum Gasteiger partial charge on any atom is -0.493 e. The lowest BCUT2D eigenvalue weighted by molar-refractivity contribution is -0.167. The summed E-state index contributed by atoms with van der Waals surface area (Å²) in [6.07, 6.45) is -5.16. The van der Waals surface area contributed by atoms with Crippen LogP contribution in [0.15, 0.2) is 71.5 Å². The lowest BCUT2D eigenvalue weighted by atomic mass is 10.0. The zero-order valence-electron chi connectivity index (χ0n) is 24.2. The van der Waals surface area contributed by atoms with Gasteiger partial charge in [0.15, 0.2) is 23.9 Å². The number of nitrogen functional groups attached to an aromatic ring is 1. The number of likely N-dealkylation sites (N-methyl/N-ethyl adjacent to an activating group) is 1. The van der Waals surface area contributed by atoms with Gasteiger partial charge in [-0.25, -0.2) is 4.79 Å². The van der Waals surface area contributed by atoms with Gasteiger partial charge in [-0.3, -0.25) is 20.0 Å². The molecule has 0 aliphatic heterocycles. The second-order valence-corrected chi connectivity index (χ2v) is 9.75. The first-order valence-electron chi connectivity index (χ1n) is 13.2. The molecular weight excluding hydrogens is 597 g/mol. The summed E-state index contributed by atoms with van der Waals surface area (Å²) >= 11 is 0. The van der Waals surface area contributed by atoms with E-state index in [2.05, 4.69) is 15.4 Å². The Morgan fingerprint density at radius 3 is 2.40 bits per heavy atom. The van der Waals surface area contributed by atoms with Crippen LogP contribution >= 0.6 is 0 Å². The van der Waals surface area contributed by atoms with Crippen LogP contribution in [0.5, 0.6) is 11.5 Å². The van der Waals surface area contributed by atoms with E-state index < -0.39 is 23.8 Å². The van der Waals surface area contributed by atoms with Crippen LogP contribution in [0.2, 0.25) is 0 Å². The van der Waals surface area contributed by atoms with Crippen molar-refractivity contribution in [2.24, 2.45) is 5.73 Å². The van der Waals surface area contributed by atoms with E-state index in [9.17, 15) is 27.6 Å². The Kier molecular flexibility index (Phi) is 9.45. The first-order valence-corrected chi connectivity index (χ1v) is 13.2. The molecule has 6 N–H and O–H groups in total. The number of amidine groups is 1. The predicted molar refractivity (Wildman–Crippen MR) is 159 cm³/mol. The number of nitrogens with one attached hydrogen (secondary N) is 4. The highest BCUT2D eigenvalue weighted by atomic mass is 19.4. The normalized spacial score (nSPS) is 11.8. The highest BCUT2D eigenvalue weighted by Gasteiger charge is 2.39. The summed E-state index contributed by atoms with van der Waals surface area (Å²) in [6.45, 7) is -0.241. The highest BCUT2D eigenvalue weighted by Crippen LogP contribution is 2.34. The number of nitrogens with two attached hydrogens (primary N) is 1. The zero-order valence-corrected chi connectivity index (χ0v) is 24.2. The maximum atomic E-state index is 13.1. The van der Waals surface area contributed by atoms with E-state index >= 15 is 0 Å². The van der Waals surface area contributed by atoms with Crippen LogP contribution in [0, 0.1) is 5.41 Å². The molecule has 236 valence electrons. The molecule has 0 aliphatic rings. The number of hydrogen-bond donors (Lipinski definition) is 5. The van der Waals surface area contributed by atoms with Crippen molar-refractivity contribution in [1.82, 2.24) is 19.7 Å². The fourth-order valence-electron chi connectivity index (χ4n) is 4.06. The highest BCUT2D eigenvalue weighted by molar-refractivity contribution is 5.96. The van der Waals surface area contributed by atoms with Crippen LogP contribution < -0.4 is 31.5 Å². The number of amides is 2. The number of carbonyl (C=O) groups is 2. The molecule has 0 saturated carbocycles. The topological polar surface area (TPSA) is 180 Å². The minimum atomic E-state index is -5.16. The van der Waals surface area contributed by atoms with E-state index in [0.29, 0.717) is 16.8 Å². The molecule has 13 nitrogen and oxygen atoms in total. The number of aromatic nitrogens is 3. The lowest BCUT2D eigenvalue weighted by Gasteiger charge is -2.20. The largest absolute Gasteiger partial charge is 0.493 e. The Bertz CT molecular complexity index is 1770. The summed E-state index contributed by atoms with van der Waals surface area (Å²) in [7, 11) is 4.59. The van der Waals surface area contributed by atoms with Crippen LogP contribution in [-0.4, -0.2) is 71.3 Å². The van der Waals surface area contributed by atoms with Crippen molar-refractivity contribution in [2.75, 3.05) is 38.4 Å². The van der Waals surface area contributed by atoms with E-state index in [0.717, 1.165) is 4.68 Å². The van der Waals surface area contributed by atoms with Gasteiger partial charge in [0.25, 0.3) is 5.91 Å². The number of carbonyl (C=O) groups excluding carboxylic acids is 2. The smallest absolute Gasteiger partial charge is 0.471 e. The molecule has 0 bridgehead atoms. The third kappa shape index (κ3) is 7.59. The van der Waals surface area contributed by atoms with Gasteiger partial charge >= 0.3 is 17.8 Å². The van der Waals surface area contributed by atoms with Gasteiger partial charge in [0, 0.05) is 25.3 Å². The number of anilines is 2. The first kappa shape index (κ1) is 32.1. The molecule has 2 amide bonds. The molecule has 0 radical (unpaired) electrons. The number of nitrogens with zero attached hydrogens (tertiary/aromatic N) is 3. The van der Waals surface area contributed by atoms with Crippen molar-refractivity contribution in [1.29, 1.82) is 5.41 Å². The quantitative estimate of drug-likeness (QED) is 0.124. The Morgan fingerprint density at radius 1 is 1.09 bits per heavy atom.